The van der Waals surface area contributed by atoms with Gasteiger partial charge in [0.05, 0.1) is 0 Å². The molecule has 0 aliphatic rings. The molecule has 2 rings (SSSR count). The zero-order valence-electron chi connectivity index (χ0n) is 11.3. The first-order valence-corrected chi connectivity index (χ1v) is 6.41. The number of benzene rings is 1. The average molecular weight is 247 g/mol. The number of rotatable bonds is 6. The molecule has 0 bridgehead atoms. The normalized spacial score (nSPS) is 13.1. The van der Waals surface area contributed by atoms with Gasteiger partial charge in [-0.1, -0.05) is 18.2 Å². The molecule has 1 atom stereocenters. The topological polar surface area (TPSA) is 34.4 Å². The van der Waals surface area contributed by atoms with Gasteiger partial charge in [0.2, 0.25) is 0 Å². The summed E-state index contributed by atoms with van der Waals surface area (Å²) >= 11 is 0. The van der Waals surface area contributed by atoms with E-state index in [0.717, 1.165) is 30.9 Å². The van der Waals surface area contributed by atoms with Crippen molar-refractivity contribution in [3.05, 3.63) is 35.6 Å². The highest BCUT2D eigenvalue weighted by atomic mass is 16.5. The number of hydrogen-bond donors (Lipinski definition) is 1. The smallest absolute Gasteiger partial charge is 0.134 e. The SMILES string of the molecule is COCCC(C)NCc1c(C)oc2ccccc12. The van der Waals surface area contributed by atoms with E-state index in [9.17, 15) is 0 Å². The van der Waals surface area contributed by atoms with Crippen LogP contribution in [0.4, 0.5) is 0 Å². The lowest BCUT2D eigenvalue weighted by molar-refractivity contribution is 0.184. The summed E-state index contributed by atoms with van der Waals surface area (Å²) in [7, 11) is 1.74. The molecule has 1 aromatic heterocycles. The van der Waals surface area contributed by atoms with Crippen LogP contribution in [0.1, 0.15) is 24.7 Å². The molecule has 98 valence electrons. The minimum Gasteiger partial charge on any atom is -0.461 e. The van der Waals surface area contributed by atoms with Gasteiger partial charge in [-0.15, -0.1) is 0 Å². The molecule has 1 N–H and O–H groups in total. The molecule has 0 saturated carbocycles. The van der Waals surface area contributed by atoms with Crippen LogP contribution in [0.25, 0.3) is 11.0 Å². The number of furan rings is 1. The Hall–Kier alpha value is -1.32. The van der Waals surface area contributed by atoms with Crippen molar-refractivity contribution in [1.82, 2.24) is 5.32 Å². The molecule has 0 aliphatic heterocycles. The first-order valence-electron chi connectivity index (χ1n) is 6.41. The Kier molecular flexibility index (Phi) is 4.39. The monoisotopic (exact) mass is 247 g/mol. The molecular weight excluding hydrogens is 226 g/mol. The number of fused-ring (bicyclic) bond motifs is 1. The van der Waals surface area contributed by atoms with Gasteiger partial charge in [-0.2, -0.15) is 0 Å². The van der Waals surface area contributed by atoms with E-state index in [2.05, 4.69) is 24.4 Å². The highest BCUT2D eigenvalue weighted by Gasteiger charge is 2.11. The largest absolute Gasteiger partial charge is 0.461 e. The van der Waals surface area contributed by atoms with Gasteiger partial charge in [-0.3, -0.25) is 0 Å². The van der Waals surface area contributed by atoms with E-state index in [1.165, 1.54) is 10.9 Å². The predicted molar refractivity (Wildman–Crippen MR) is 73.7 cm³/mol. The van der Waals surface area contributed by atoms with Crippen LogP contribution in [-0.4, -0.2) is 19.8 Å². The molecule has 0 saturated heterocycles. The minimum absolute atomic E-state index is 0.443. The molecule has 0 fully saturated rings. The Morgan fingerprint density at radius 1 is 1.33 bits per heavy atom. The first-order chi connectivity index (χ1) is 8.72. The molecule has 2 aromatic rings. The van der Waals surface area contributed by atoms with Crippen molar-refractivity contribution in [3.8, 4) is 0 Å². The zero-order valence-corrected chi connectivity index (χ0v) is 11.3. The molecule has 0 spiro atoms. The van der Waals surface area contributed by atoms with Crippen molar-refractivity contribution in [2.24, 2.45) is 0 Å². The van der Waals surface area contributed by atoms with Crippen LogP contribution in [0, 0.1) is 6.92 Å². The Balaban J connectivity index is 2.05. The summed E-state index contributed by atoms with van der Waals surface area (Å²) in [5.41, 5.74) is 2.23. The van der Waals surface area contributed by atoms with Crippen LogP contribution in [0.15, 0.2) is 28.7 Å². The number of hydrogen-bond acceptors (Lipinski definition) is 3. The second-order valence-corrected chi connectivity index (χ2v) is 4.70. The lowest BCUT2D eigenvalue weighted by atomic mass is 10.1. The number of methoxy groups -OCH3 is 1. The fourth-order valence-electron chi connectivity index (χ4n) is 2.11. The molecule has 3 nitrogen and oxygen atoms in total. The summed E-state index contributed by atoms with van der Waals surface area (Å²) in [5, 5.41) is 4.72. The minimum atomic E-state index is 0.443. The third kappa shape index (κ3) is 2.92. The maximum absolute atomic E-state index is 5.75. The molecule has 18 heavy (non-hydrogen) atoms. The lowest BCUT2D eigenvalue weighted by Crippen LogP contribution is -2.26. The van der Waals surface area contributed by atoms with Gasteiger partial charge in [0, 0.05) is 37.3 Å². The molecule has 0 amide bonds. The molecule has 0 aliphatic carbocycles. The van der Waals surface area contributed by atoms with Crippen LogP contribution < -0.4 is 5.32 Å². The van der Waals surface area contributed by atoms with Crippen molar-refractivity contribution < 1.29 is 9.15 Å². The standard InChI is InChI=1S/C15H21NO2/c1-11(8-9-17-3)16-10-14-12(2)18-15-7-5-4-6-13(14)15/h4-7,11,16H,8-10H2,1-3H3. The van der Waals surface area contributed by atoms with E-state index >= 15 is 0 Å². The van der Waals surface area contributed by atoms with Crippen molar-refractivity contribution in [2.75, 3.05) is 13.7 Å². The number of aryl methyl sites for hydroxylation is 1. The quantitative estimate of drug-likeness (QED) is 0.850. The average Bonchev–Trinajstić information content (AvgIpc) is 2.69. The summed E-state index contributed by atoms with van der Waals surface area (Å²) in [5.74, 6) is 1.00. The Labute approximate surface area is 108 Å². The van der Waals surface area contributed by atoms with Crippen molar-refractivity contribution in [2.45, 2.75) is 32.9 Å². The maximum Gasteiger partial charge on any atom is 0.134 e. The van der Waals surface area contributed by atoms with Crippen LogP contribution in [0.2, 0.25) is 0 Å². The third-order valence-electron chi connectivity index (χ3n) is 3.28. The Bertz CT molecular complexity index is 504. The van der Waals surface area contributed by atoms with E-state index in [0.29, 0.717) is 6.04 Å². The number of nitrogens with one attached hydrogen (secondary N) is 1. The van der Waals surface area contributed by atoms with E-state index < -0.39 is 0 Å². The summed E-state index contributed by atoms with van der Waals surface area (Å²) in [4.78, 5) is 0. The molecule has 3 heteroatoms. The maximum atomic E-state index is 5.75. The van der Waals surface area contributed by atoms with Crippen LogP contribution >= 0.6 is 0 Å². The van der Waals surface area contributed by atoms with Gasteiger partial charge in [0.1, 0.15) is 11.3 Å². The van der Waals surface area contributed by atoms with Crippen molar-refractivity contribution in [3.63, 3.8) is 0 Å². The third-order valence-corrected chi connectivity index (χ3v) is 3.28. The van der Waals surface area contributed by atoms with E-state index in [1.807, 2.05) is 19.1 Å². The second-order valence-electron chi connectivity index (χ2n) is 4.70. The van der Waals surface area contributed by atoms with Gasteiger partial charge in [0.25, 0.3) is 0 Å². The van der Waals surface area contributed by atoms with Gasteiger partial charge < -0.3 is 14.5 Å². The van der Waals surface area contributed by atoms with E-state index in [4.69, 9.17) is 9.15 Å². The molecule has 1 unspecified atom stereocenters. The highest BCUT2D eigenvalue weighted by molar-refractivity contribution is 5.82. The van der Waals surface area contributed by atoms with Gasteiger partial charge in [-0.05, 0) is 26.3 Å². The summed E-state index contributed by atoms with van der Waals surface area (Å²) in [6, 6.07) is 8.62. The van der Waals surface area contributed by atoms with Crippen molar-refractivity contribution >= 4 is 11.0 Å². The van der Waals surface area contributed by atoms with E-state index in [1.54, 1.807) is 7.11 Å². The number of para-hydroxylation sites is 1. The Morgan fingerprint density at radius 2 is 2.11 bits per heavy atom. The Morgan fingerprint density at radius 3 is 2.89 bits per heavy atom. The fourth-order valence-corrected chi connectivity index (χ4v) is 2.11. The van der Waals surface area contributed by atoms with Crippen LogP contribution in [-0.2, 0) is 11.3 Å². The lowest BCUT2D eigenvalue weighted by Gasteiger charge is -2.12. The first kappa shape index (κ1) is 13.1. The molecule has 1 aromatic carbocycles. The van der Waals surface area contributed by atoms with Gasteiger partial charge >= 0.3 is 0 Å². The van der Waals surface area contributed by atoms with Crippen LogP contribution in [0.5, 0.6) is 0 Å². The number of ether oxygens (including phenoxy) is 1. The zero-order chi connectivity index (χ0) is 13.0. The van der Waals surface area contributed by atoms with Crippen molar-refractivity contribution in [1.29, 1.82) is 0 Å². The van der Waals surface area contributed by atoms with E-state index in [-0.39, 0.29) is 0 Å². The molecule has 1 heterocycles. The van der Waals surface area contributed by atoms with Gasteiger partial charge in [0.15, 0.2) is 0 Å². The summed E-state index contributed by atoms with van der Waals surface area (Å²) in [6.45, 7) is 5.83. The second kappa shape index (κ2) is 6.03. The predicted octanol–water partition coefficient (Wildman–Crippen LogP) is 3.26. The highest BCUT2D eigenvalue weighted by Crippen LogP contribution is 2.25. The summed E-state index contributed by atoms with van der Waals surface area (Å²) in [6.07, 6.45) is 1.02. The molecule has 0 radical (unpaired) electrons. The van der Waals surface area contributed by atoms with Crippen LogP contribution in [0.3, 0.4) is 0 Å². The fraction of sp³-hybridized carbons (Fsp3) is 0.467. The summed E-state index contributed by atoms with van der Waals surface area (Å²) < 4.78 is 10.8. The van der Waals surface area contributed by atoms with Gasteiger partial charge in [-0.25, -0.2) is 0 Å². The molecular formula is C15H21NO2.